The van der Waals surface area contributed by atoms with Crippen LogP contribution >= 0.6 is 15.9 Å². The molecule has 0 aromatic heterocycles. The molecule has 0 fully saturated rings. The molecule has 0 spiro atoms. The number of nitrogens with one attached hydrogen (secondary N) is 1. The molecule has 0 radical (unpaired) electrons. The highest BCUT2D eigenvalue weighted by Gasteiger charge is 2.24. The van der Waals surface area contributed by atoms with Crippen LogP contribution in [0.25, 0.3) is 0 Å². The van der Waals surface area contributed by atoms with Crippen LogP contribution in [-0.2, 0) is 0 Å². The van der Waals surface area contributed by atoms with E-state index < -0.39 is 0 Å². The summed E-state index contributed by atoms with van der Waals surface area (Å²) in [5.41, 5.74) is 2.92. The van der Waals surface area contributed by atoms with Gasteiger partial charge in [0.1, 0.15) is 0 Å². The van der Waals surface area contributed by atoms with Crippen LogP contribution in [0.15, 0.2) is 33.9 Å². The summed E-state index contributed by atoms with van der Waals surface area (Å²) in [6.07, 6.45) is 7.55. The first kappa shape index (κ1) is 12.7. The summed E-state index contributed by atoms with van der Waals surface area (Å²) in [5, 5.41) is 3.58. The molecule has 1 unspecified atom stereocenters. The lowest BCUT2D eigenvalue weighted by molar-refractivity contribution is 0.562. The fourth-order valence-electron chi connectivity index (χ4n) is 2.02. The van der Waals surface area contributed by atoms with Gasteiger partial charge in [0.05, 0.1) is 0 Å². The summed E-state index contributed by atoms with van der Waals surface area (Å²) in [6, 6.07) is 1.03. The average molecular weight is 270 g/mol. The quantitative estimate of drug-likeness (QED) is 0.766. The van der Waals surface area contributed by atoms with E-state index >= 15 is 0 Å². The van der Waals surface area contributed by atoms with E-state index in [-0.39, 0.29) is 0 Å². The van der Waals surface area contributed by atoms with E-state index in [1.54, 1.807) is 0 Å². The Bertz CT molecular complexity index is 312. The fourth-order valence-corrected chi connectivity index (χ4v) is 2.16. The van der Waals surface area contributed by atoms with Crippen LogP contribution < -0.4 is 5.32 Å². The Hall–Kier alpha value is -0.340. The Balaban J connectivity index is 2.84. The molecule has 1 N–H and O–H groups in total. The van der Waals surface area contributed by atoms with Gasteiger partial charge in [-0.1, -0.05) is 40.6 Å². The first-order valence-electron chi connectivity index (χ1n) is 5.56. The van der Waals surface area contributed by atoms with E-state index in [1.807, 2.05) is 6.92 Å². The monoisotopic (exact) mass is 269 g/mol. The molecule has 0 aromatic rings. The van der Waals surface area contributed by atoms with E-state index in [9.17, 15) is 0 Å². The Morgan fingerprint density at radius 1 is 1.53 bits per heavy atom. The predicted molar refractivity (Wildman–Crippen MR) is 71.2 cm³/mol. The maximum atomic E-state index is 3.58. The van der Waals surface area contributed by atoms with Crippen molar-refractivity contribution in [1.29, 1.82) is 0 Å². The van der Waals surface area contributed by atoms with Crippen molar-refractivity contribution in [1.82, 2.24) is 5.32 Å². The minimum Gasteiger partial charge on any atom is -0.304 e. The third kappa shape index (κ3) is 3.05. The molecule has 0 aliphatic carbocycles. The molecular weight excluding hydrogens is 250 g/mol. The van der Waals surface area contributed by atoms with Gasteiger partial charge in [0.15, 0.2) is 0 Å². The van der Waals surface area contributed by atoms with Crippen molar-refractivity contribution in [3.05, 3.63) is 33.9 Å². The Morgan fingerprint density at radius 2 is 2.20 bits per heavy atom. The molecule has 0 aromatic carbocycles. The van der Waals surface area contributed by atoms with E-state index in [2.05, 4.69) is 60.2 Å². The minimum absolute atomic E-state index is 0.475. The van der Waals surface area contributed by atoms with Crippen LogP contribution in [0.4, 0.5) is 0 Å². The van der Waals surface area contributed by atoms with Gasteiger partial charge in [-0.2, -0.15) is 0 Å². The first-order chi connectivity index (χ1) is 7.10. The smallest absolute Gasteiger partial charge is 0.0297 e. The van der Waals surface area contributed by atoms with E-state index in [0.29, 0.717) is 12.1 Å². The maximum absolute atomic E-state index is 3.58. The molecule has 1 rings (SSSR count). The second kappa shape index (κ2) is 5.66. The molecule has 0 amide bonds. The van der Waals surface area contributed by atoms with Gasteiger partial charge in [0.2, 0.25) is 0 Å². The standard InChI is InChI=1S/C13H20BrN/c1-5-11(14)7-8-12-9(3)13(6-2)15-10(12)4/h5,7-8,10,13,15H,6H2,1-4H3/b8-7-,11-5+/t10-,13?/m1/s1. The number of hydrogen-bond acceptors (Lipinski definition) is 1. The Labute approximate surface area is 101 Å². The van der Waals surface area contributed by atoms with Gasteiger partial charge >= 0.3 is 0 Å². The van der Waals surface area contributed by atoms with Gasteiger partial charge < -0.3 is 5.32 Å². The summed E-state index contributed by atoms with van der Waals surface area (Å²) in [6.45, 7) is 8.71. The zero-order chi connectivity index (χ0) is 11.4. The summed E-state index contributed by atoms with van der Waals surface area (Å²) in [4.78, 5) is 0. The second-order valence-corrected chi connectivity index (χ2v) is 4.91. The predicted octanol–water partition coefficient (Wildman–Crippen LogP) is 3.93. The molecule has 84 valence electrons. The normalized spacial score (nSPS) is 28.2. The van der Waals surface area contributed by atoms with E-state index in [0.717, 1.165) is 10.9 Å². The topological polar surface area (TPSA) is 12.0 Å². The SMILES string of the molecule is C/C=C(Br)\C=C/C1=C(C)C(CC)N[C@@H]1C. The van der Waals surface area contributed by atoms with Crippen LogP contribution in [0.5, 0.6) is 0 Å². The number of halogens is 1. The van der Waals surface area contributed by atoms with Crippen molar-refractivity contribution >= 4 is 15.9 Å². The van der Waals surface area contributed by atoms with Gasteiger partial charge in [-0.05, 0) is 38.8 Å². The second-order valence-electron chi connectivity index (χ2n) is 3.99. The maximum Gasteiger partial charge on any atom is 0.0297 e. The number of allylic oxidation sites excluding steroid dienone is 3. The summed E-state index contributed by atoms with van der Waals surface area (Å²) in [5.74, 6) is 0. The van der Waals surface area contributed by atoms with Crippen LogP contribution in [0.3, 0.4) is 0 Å². The van der Waals surface area contributed by atoms with Crippen molar-refractivity contribution in [2.24, 2.45) is 0 Å². The zero-order valence-electron chi connectivity index (χ0n) is 9.97. The third-order valence-corrected chi connectivity index (χ3v) is 3.72. The average Bonchev–Trinajstić information content (AvgIpc) is 2.51. The first-order valence-corrected chi connectivity index (χ1v) is 6.36. The van der Waals surface area contributed by atoms with Crippen LogP contribution in [0.2, 0.25) is 0 Å². The molecule has 0 saturated carbocycles. The van der Waals surface area contributed by atoms with Crippen LogP contribution in [-0.4, -0.2) is 12.1 Å². The van der Waals surface area contributed by atoms with Crippen molar-refractivity contribution in [3.8, 4) is 0 Å². The molecular formula is C13H20BrN. The number of rotatable bonds is 3. The Morgan fingerprint density at radius 3 is 2.67 bits per heavy atom. The highest BCUT2D eigenvalue weighted by molar-refractivity contribution is 9.11. The number of hydrogen-bond donors (Lipinski definition) is 1. The molecule has 0 bridgehead atoms. The largest absolute Gasteiger partial charge is 0.304 e. The van der Waals surface area contributed by atoms with Crippen molar-refractivity contribution < 1.29 is 0 Å². The highest BCUT2D eigenvalue weighted by atomic mass is 79.9. The molecule has 1 aliphatic heterocycles. The lowest BCUT2D eigenvalue weighted by atomic mass is 10.0. The van der Waals surface area contributed by atoms with Crippen molar-refractivity contribution in [2.45, 2.75) is 46.2 Å². The molecule has 2 atom stereocenters. The van der Waals surface area contributed by atoms with Gasteiger partial charge in [-0.3, -0.25) is 0 Å². The third-order valence-electron chi connectivity index (χ3n) is 3.00. The van der Waals surface area contributed by atoms with Gasteiger partial charge in [-0.25, -0.2) is 0 Å². The summed E-state index contributed by atoms with van der Waals surface area (Å²) < 4.78 is 1.13. The van der Waals surface area contributed by atoms with E-state index in [1.165, 1.54) is 11.1 Å². The van der Waals surface area contributed by atoms with Gasteiger partial charge in [-0.15, -0.1) is 0 Å². The molecule has 1 nitrogen and oxygen atoms in total. The highest BCUT2D eigenvalue weighted by Crippen LogP contribution is 2.24. The summed E-state index contributed by atoms with van der Waals surface area (Å²) in [7, 11) is 0. The molecule has 0 saturated heterocycles. The lowest BCUT2D eigenvalue weighted by Crippen LogP contribution is -2.29. The van der Waals surface area contributed by atoms with Crippen molar-refractivity contribution in [3.63, 3.8) is 0 Å². The van der Waals surface area contributed by atoms with Crippen LogP contribution in [0.1, 0.15) is 34.1 Å². The van der Waals surface area contributed by atoms with Gasteiger partial charge in [0, 0.05) is 16.6 Å². The molecule has 2 heteroatoms. The summed E-state index contributed by atoms with van der Waals surface area (Å²) >= 11 is 3.49. The fraction of sp³-hybridized carbons (Fsp3) is 0.538. The molecule has 1 aliphatic rings. The Kier molecular flexibility index (Phi) is 4.81. The van der Waals surface area contributed by atoms with Crippen molar-refractivity contribution in [2.75, 3.05) is 0 Å². The molecule has 1 heterocycles. The zero-order valence-corrected chi connectivity index (χ0v) is 11.6. The van der Waals surface area contributed by atoms with Crippen LogP contribution in [0, 0.1) is 0 Å². The molecule has 15 heavy (non-hydrogen) atoms. The van der Waals surface area contributed by atoms with Gasteiger partial charge in [0.25, 0.3) is 0 Å². The minimum atomic E-state index is 0.475. The van der Waals surface area contributed by atoms with E-state index in [4.69, 9.17) is 0 Å². The lowest BCUT2D eigenvalue weighted by Gasteiger charge is -2.10.